The highest BCUT2D eigenvalue weighted by Gasteiger charge is 2.18. The van der Waals surface area contributed by atoms with Gasteiger partial charge in [0.15, 0.2) is 5.82 Å². The lowest BCUT2D eigenvalue weighted by atomic mass is 10.1. The molecule has 0 aliphatic heterocycles. The number of hydrogen-bond donors (Lipinski definition) is 1. The van der Waals surface area contributed by atoms with Crippen molar-refractivity contribution in [3.63, 3.8) is 0 Å². The summed E-state index contributed by atoms with van der Waals surface area (Å²) in [6.07, 6.45) is 1.61. The van der Waals surface area contributed by atoms with Gasteiger partial charge in [0.05, 0.1) is 39.0 Å². The summed E-state index contributed by atoms with van der Waals surface area (Å²) in [7, 11) is -0.373. The number of anilines is 1. The molecule has 5 nitrogen and oxygen atoms in total. The molecule has 0 aliphatic carbocycles. The van der Waals surface area contributed by atoms with E-state index in [-0.39, 0.29) is 20.2 Å². The molecule has 0 fully saturated rings. The molecule has 0 aliphatic rings. The van der Waals surface area contributed by atoms with Crippen molar-refractivity contribution in [3.05, 3.63) is 76.1 Å². The molecule has 0 bridgehead atoms. The number of aromatic nitrogens is 3. The Hall–Kier alpha value is -3.20. The second-order valence-electron chi connectivity index (χ2n) is 7.64. The number of fused-ring (bicyclic) bond motifs is 1. The van der Waals surface area contributed by atoms with E-state index in [2.05, 4.69) is 33.6 Å². The summed E-state index contributed by atoms with van der Waals surface area (Å²) in [5.41, 5.74) is 3.83. The van der Waals surface area contributed by atoms with E-state index in [0.717, 1.165) is 5.44 Å². The third kappa shape index (κ3) is 4.64. The predicted molar refractivity (Wildman–Crippen MR) is 129 cm³/mol. The summed E-state index contributed by atoms with van der Waals surface area (Å²) in [6.45, 7) is 5.94. The van der Waals surface area contributed by atoms with Crippen molar-refractivity contribution in [2.75, 3.05) is 18.6 Å². The molecular formula is C24H19ClF2N5P. The minimum absolute atomic E-state index is 0.0564. The standard InChI is InChI=1S/C24H19ClF2N5P/c1-13-21(25)24(30-12-16-8-14(10-28)4-6-17(16)26)23-19(31-13)9-18(27)22(32-23)15-5-7-20(29-11-15)33(2)3/h4-9,11H,12H2,1-3H3,(H,30,31). The van der Waals surface area contributed by atoms with Crippen LogP contribution in [0.2, 0.25) is 5.02 Å². The summed E-state index contributed by atoms with van der Waals surface area (Å²) in [5.74, 6) is -0.981. The number of halogens is 3. The van der Waals surface area contributed by atoms with E-state index in [0.29, 0.717) is 44.1 Å². The van der Waals surface area contributed by atoms with Crippen LogP contribution in [0.5, 0.6) is 0 Å². The van der Waals surface area contributed by atoms with E-state index in [1.165, 1.54) is 24.3 Å². The van der Waals surface area contributed by atoms with Crippen LogP contribution in [0.15, 0.2) is 42.6 Å². The number of rotatable bonds is 5. The fraction of sp³-hybridized carbons (Fsp3) is 0.167. The summed E-state index contributed by atoms with van der Waals surface area (Å²) in [5, 5.41) is 12.5. The first kappa shape index (κ1) is 23.0. The number of hydrogen-bond acceptors (Lipinski definition) is 5. The zero-order valence-corrected chi connectivity index (χ0v) is 19.8. The van der Waals surface area contributed by atoms with Crippen molar-refractivity contribution < 1.29 is 8.78 Å². The van der Waals surface area contributed by atoms with Gasteiger partial charge in [-0.3, -0.25) is 4.98 Å². The first-order valence-corrected chi connectivity index (χ1v) is 12.6. The molecule has 166 valence electrons. The summed E-state index contributed by atoms with van der Waals surface area (Å²) in [6, 6.07) is 11.1. The molecule has 0 saturated carbocycles. The summed E-state index contributed by atoms with van der Waals surface area (Å²) in [4.78, 5) is 13.3. The quantitative estimate of drug-likeness (QED) is 0.366. The first-order chi connectivity index (χ1) is 15.8. The zero-order valence-electron chi connectivity index (χ0n) is 18.1. The van der Waals surface area contributed by atoms with Crippen LogP contribution >= 0.6 is 19.5 Å². The Labute approximate surface area is 196 Å². The van der Waals surface area contributed by atoms with E-state index in [1.807, 2.05) is 12.1 Å². The number of aryl methyl sites for hydroxylation is 1. The summed E-state index contributed by atoms with van der Waals surface area (Å²) < 4.78 is 29.2. The number of pyridine rings is 3. The van der Waals surface area contributed by atoms with E-state index in [4.69, 9.17) is 16.9 Å². The molecule has 0 spiro atoms. The van der Waals surface area contributed by atoms with Crippen LogP contribution in [0, 0.1) is 29.9 Å². The second kappa shape index (κ2) is 9.35. The third-order valence-electron chi connectivity index (χ3n) is 5.13. The predicted octanol–water partition coefficient (Wildman–Crippen LogP) is 5.78. The van der Waals surface area contributed by atoms with Crippen molar-refractivity contribution in [3.8, 4) is 17.3 Å². The Kier molecular flexibility index (Phi) is 6.51. The van der Waals surface area contributed by atoms with Crippen molar-refractivity contribution in [1.29, 1.82) is 5.26 Å². The maximum atomic E-state index is 15.0. The minimum atomic E-state index is -0.528. The molecule has 9 heteroatoms. The van der Waals surface area contributed by atoms with E-state index < -0.39 is 11.6 Å². The van der Waals surface area contributed by atoms with Gasteiger partial charge >= 0.3 is 0 Å². The van der Waals surface area contributed by atoms with Gasteiger partial charge in [0.2, 0.25) is 0 Å². The van der Waals surface area contributed by atoms with Crippen LogP contribution in [0.25, 0.3) is 22.3 Å². The SMILES string of the molecule is Cc1nc2cc(F)c(-c3ccc(P(C)C)nc3)nc2c(NCc2cc(C#N)ccc2F)c1Cl. The van der Waals surface area contributed by atoms with Gasteiger partial charge in [0.25, 0.3) is 0 Å². The van der Waals surface area contributed by atoms with Gasteiger partial charge in [-0.25, -0.2) is 18.7 Å². The van der Waals surface area contributed by atoms with Crippen molar-refractivity contribution in [1.82, 2.24) is 15.0 Å². The fourth-order valence-electron chi connectivity index (χ4n) is 3.38. The van der Waals surface area contributed by atoms with Crippen LogP contribution in [0.1, 0.15) is 16.8 Å². The monoisotopic (exact) mass is 481 g/mol. The Balaban J connectivity index is 1.79. The molecule has 0 atom stereocenters. The van der Waals surface area contributed by atoms with Gasteiger partial charge in [-0.15, -0.1) is 0 Å². The van der Waals surface area contributed by atoms with Crippen molar-refractivity contribution in [2.24, 2.45) is 0 Å². The third-order valence-corrected chi connectivity index (χ3v) is 6.77. The highest BCUT2D eigenvalue weighted by Crippen LogP contribution is 2.34. The molecular weight excluding hydrogens is 463 g/mol. The zero-order chi connectivity index (χ0) is 23.7. The molecule has 0 saturated heterocycles. The lowest BCUT2D eigenvalue weighted by molar-refractivity contribution is 0.613. The van der Waals surface area contributed by atoms with Gasteiger partial charge in [-0.05, 0) is 50.6 Å². The van der Waals surface area contributed by atoms with Crippen LogP contribution < -0.4 is 10.8 Å². The Morgan fingerprint density at radius 2 is 1.88 bits per heavy atom. The molecule has 1 N–H and O–H groups in total. The number of nitriles is 1. The maximum absolute atomic E-state index is 15.0. The average Bonchev–Trinajstić information content (AvgIpc) is 2.80. The normalized spacial score (nSPS) is 11.1. The molecule has 33 heavy (non-hydrogen) atoms. The Morgan fingerprint density at radius 3 is 2.55 bits per heavy atom. The highest BCUT2D eigenvalue weighted by atomic mass is 35.5. The fourth-order valence-corrected chi connectivity index (χ4v) is 4.24. The van der Waals surface area contributed by atoms with Gasteiger partial charge in [-0.1, -0.05) is 19.5 Å². The number of nitrogens with zero attached hydrogens (tertiary/aromatic N) is 4. The van der Waals surface area contributed by atoms with Crippen LogP contribution in [-0.2, 0) is 6.54 Å². The number of benzene rings is 1. The van der Waals surface area contributed by atoms with Gasteiger partial charge in [0.1, 0.15) is 17.0 Å². The molecule has 0 amide bonds. The second-order valence-corrected chi connectivity index (χ2v) is 10.3. The first-order valence-electron chi connectivity index (χ1n) is 10.0. The Morgan fingerprint density at radius 1 is 1.09 bits per heavy atom. The van der Waals surface area contributed by atoms with E-state index in [1.54, 1.807) is 19.2 Å². The van der Waals surface area contributed by atoms with E-state index >= 15 is 0 Å². The van der Waals surface area contributed by atoms with Crippen LogP contribution in [0.4, 0.5) is 14.5 Å². The average molecular weight is 482 g/mol. The van der Waals surface area contributed by atoms with Gasteiger partial charge in [0, 0.05) is 29.9 Å². The topological polar surface area (TPSA) is 74.5 Å². The number of nitrogens with one attached hydrogen (secondary N) is 1. The summed E-state index contributed by atoms with van der Waals surface area (Å²) >= 11 is 6.52. The minimum Gasteiger partial charge on any atom is -0.378 e. The van der Waals surface area contributed by atoms with Gasteiger partial charge in [-0.2, -0.15) is 5.26 Å². The van der Waals surface area contributed by atoms with Crippen molar-refractivity contribution in [2.45, 2.75) is 13.5 Å². The Bertz CT molecular complexity index is 1400. The largest absolute Gasteiger partial charge is 0.378 e. The highest BCUT2D eigenvalue weighted by molar-refractivity contribution is 7.63. The lowest BCUT2D eigenvalue weighted by Gasteiger charge is -2.15. The van der Waals surface area contributed by atoms with Gasteiger partial charge < -0.3 is 5.32 Å². The lowest BCUT2D eigenvalue weighted by Crippen LogP contribution is -2.07. The van der Waals surface area contributed by atoms with E-state index in [9.17, 15) is 8.78 Å². The van der Waals surface area contributed by atoms with Crippen LogP contribution in [0.3, 0.4) is 0 Å². The molecule has 4 rings (SSSR count). The molecule has 0 unspecified atom stereocenters. The maximum Gasteiger partial charge on any atom is 0.151 e. The molecule has 4 aromatic rings. The molecule has 1 aromatic carbocycles. The molecule has 3 heterocycles. The molecule has 0 radical (unpaired) electrons. The molecule has 3 aromatic heterocycles. The smallest absolute Gasteiger partial charge is 0.151 e. The van der Waals surface area contributed by atoms with Crippen molar-refractivity contribution >= 4 is 41.7 Å². The van der Waals surface area contributed by atoms with Crippen LogP contribution in [-0.4, -0.2) is 28.3 Å².